The van der Waals surface area contributed by atoms with Crippen LogP contribution in [0.3, 0.4) is 0 Å². The van der Waals surface area contributed by atoms with E-state index in [0.717, 1.165) is 12.8 Å². The Labute approximate surface area is 183 Å². The van der Waals surface area contributed by atoms with E-state index in [-0.39, 0.29) is 17.6 Å². The molecule has 0 saturated heterocycles. The predicted octanol–water partition coefficient (Wildman–Crippen LogP) is 5.75. The molecule has 2 aromatic carbocycles. The molecule has 0 aliphatic carbocycles. The van der Waals surface area contributed by atoms with Crippen molar-refractivity contribution in [2.75, 3.05) is 6.54 Å². The van der Waals surface area contributed by atoms with E-state index in [1.165, 1.54) is 21.5 Å². The van der Waals surface area contributed by atoms with Crippen molar-refractivity contribution in [2.45, 2.75) is 45.4 Å². The van der Waals surface area contributed by atoms with Crippen LogP contribution in [-0.4, -0.2) is 22.5 Å². The molecule has 2 atom stereocenters. The lowest BCUT2D eigenvalue weighted by Gasteiger charge is -2.25. The van der Waals surface area contributed by atoms with Gasteiger partial charge in [0.15, 0.2) is 0 Å². The third kappa shape index (κ3) is 5.70. The third-order valence-electron chi connectivity index (χ3n) is 5.50. The number of nitrogens with one attached hydrogen (secondary N) is 1. The predicted molar refractivity (Wildman–Crippen MR) is 123 cm³/mol. The minimum atomic E-state index is -0.247. The maximum absolute atomic E-state index is 12.6. The van der Waals surface area contributed by atoms with Crippen molar-refractivity contribution < 1.29 is 9.90 Å². The van der Waals surface area contributed by atoms with Gasteiger partial charge in [0, 0.05) is 23.5 Å². The van der Waals surface area contributed by atoms with Gasteiger partial charge in [-0.1, -0.05) is 63.2 Å². The van der Waals surface area contributed by atoms with Gasteiger partial charge in [-0.05, 0) is 42.4 Å². The van der Waals surface area contributed by atoms with Crippen molar-refractivity contribution in [3.8, 4) is 5.75 Å². The lowest BCUT2D eigenvalue weighted by Crippen LogP contribution is -2.31. The van der Waals surface area contributed by atoms with Gasteiger partial charge in [-0.25, -0.2) is 4.98 Å². The first kappa shape index (κ1) is 22.0. The molecule has 2 unspecified atom stereocenters. The van der Waals surface area contributed by atoms with Gasteiger partial charge in [0.2, 0.25) is 0 Å². The van der Waals surface area contributed by atoms with Gasteiger partial charge in [0.05, 0.1) is 10.6 Å². The topological polar surface area (TPSA) is 62.2 Å². The number of benzene rings is 2. The van der Waals surface area contributed by atoms with Crippen LogP contribution in [0.2, 0.25) is 0 Å². The maximum Gasteiger partial charge on any atom is 0.255 e. The quantitative estimate of drug-likeness (QED) is 0.461. The van der Waals surface area contributed by atoms with Crippen LogP contribution in [0.25, 0.3) is 0 Å². The number of hydrogen-bond donors (Lipinski definition) is 2. The highest BCUT2D eigenvalue weighted by Gasteiger charge is 2.21. The van der Waals surface area contributed by atoms with Gasteiger partial charge < -0.3 is 10.4 Å². The molecule has 0 spiro atoms. The number of hydrogen-bond acceptors (Lipinski definition) is 4. The fourth-order valence-corrected chi connectivity index (χ4v) is 4.51. The normalized spacial score (nSPS) is 13.2. The minimum absolute atomic E-state index is 0.00374. The van der Waals surface area contributed by atoms with Gasteiger partial charge >= 0.3 is 0 Å². The van der Waals surface area contributed by atoms with Crippen LogP contribution in [0.4, 0.5) is 0 Å². The maximum atomic E-state index is 12.6. The first-order valence-electron chi connectivity index (χ1n) is 10.5. The van der Waals surface area contributed by atoms with Crippen molar-refractivity contribution in [1.29, 1.82) is 0 Å². The molecule has 3 aromatic rings. The van der Waals surface area contributed by atoms with Crippen molar-refractivity contribution >= 4 is 17.2 Å². The standard InChI is InChI=1S/C25H30N2O2S/c1-17(2)23-16-26-24(30-23)14-13-18(3)21(19-9-5-4-6-10-19)15-27-25(29)20-11-7-8-12-22(20)28/h4-12,16-18,21,28H,13-15H2,1-3H3,(H,27,29). The zero-order valence-electron chi connectivity index (χ0n) is 17.8. The Hall–Kier alpha value is -2.66. The molecule has 1 aromatic heterocycles. The number of phenols is 1. The number of rotatable bonds is 9. The monoisotopic (exact) mass is 422 g/mol. The number of carbonyl (C=O) groups is 1. The summed E-state index contributed by atoms with van der Waals surface area (Å²) < 4.78 is 0. The molecule has 1 heterocycles. The van der Waals surface area contributed by atoms with Crippen molar-refractivity contribution in [3.05, 3.63) is 81.8 Å². The molecule has 0 bridgehead atoms. The summed E-state index contributed by atoms with van der Waals surface area (Å²) in [6.45, 7) is 7.14. The molecule has 0 fully saturated rings. The smallest absolute Gasteiger partial charge is 0.255 e. The summed E-state index contributed by atoms with van der Waals surface area (Å²) in [6.07, 6.45) is 3.93. The molecule has 0 aliphatic heterocycles. The highest BCUT2D eigenvalue weighted by Crippen LogP contribution is 2.30. The third-order valence-corrected chi connectivity index (χ3v) is 6.86. The molecule has 2 N–H and O–H groups in total. The van der Waals surface area contributed by atoms with E-state index in [4.69, 9.17) is 0 Å². The zero-order valence-corrected chi connectivity index (χ0v) is 18.7. The second-order valence-corrected chi connectivity index (χ2v) is 9.22. The Morgan fingerprint density at radius 1 is 1.07 bits per heavy atom. The van der Waals surface area contributed by atoms with Crippen LogP contribution in [0.5, 0.6) is 5.75 Å². The molecule has 5 heteroatoms. The van der Waals surface area contributed by atoms with E-state index in [9.17, 15) is 9.90 Å². The fraction of sp³-hybridized carbons (Fsp3) is 0.360. The number of phenolic OH excluding ortho intramolecular Hbond substituents is 1. The largest absolute Gasteiger partial charge is 0.507 e. The zero-order chi connectivity index (χ0) is 21.5. The molecule has 1 amide bonds. The van der Waals surface area contributed by atoms with Crippen LogP contribution in [0.15, 0.2) is 60.8 Å². The van der Waals surface area contributed by atoms with E-state index in [2.05, 4.69) is 43.2 Å². The van der Waals surface area contributed by atoms with Crippen molar-refractivity contribution in [2.24, 2.45) is 5.92 Å². The molecule has 0 radical (unpaired) electrons. The number of thiazole rings is 1. The molecular weight excluding hydrogens is 392 g/mol. The van der Waals surface area contributed by atoms with Crippen LogP contribution in [0.1, 0.15) is 64.8 Å². The first-order chi connectivity index (χ1) is 14.5. The molecule has 30 heavy (non-hydrogen) atoms. The Morgan fingerprint density at radius 3 is 2.43 bits per heavy atom. The summed E-state index contributed by atoms with van der Waals surface area (Å²) in [6, 6.07) is 17.0. The van der Waals surface area contributed by atoms with Crippen molar-refractivity contribution in [3.63, 3.8) is 0 Å². The Balaban J connectivity index is 1.67. The number of para-hydroxylation sites is 1. The van der Waals surface area contributed by atoms with Crippen LogP contribution >= 0.6 is 11.3 Å². The summed E-state index contributed by atoms with van der Waals surface area (Å²) >= 11 is 1.80. The molecule has 4 nitrogen and oxygen atoms in total. The van der Waals surface area contributed by atoms with Crippen LogP contribution in [0, 0.1) is 5.92 Å². The van der Waals surface area contributed by atoms with E-state index in [1.54, 1.807) is 29.5 Å². The van der Waals surface area contributed by atoms with E-state index in [1.807, 2.05) is 24.4 Å². The van der Waals surface area contributed by atoms with Gasteiger partial charge in [-0.3, -0.25) is 4.79 Å². The second kappa shape index (κ2) is 10.4. The van der Waals surface area contributed by atoms with E-state index in [0.29, 0.717) is 23.9 Å². The van der Waals surface area contributed by atoms with E-state index >= 15 is 0 Å². The summed E-state index contributed by atoms with van der Waals surface area (Å²) in [5.41, 5.74) is 1.52. The van der Waals surface area contributed by atoms with Crippen molar-refractivity contribution in [1.82, 2.24) is 10.3 Å². The average molecular weight is 423 g/mol. The number of carbonyl (C=O) groups excluding carboxylic acids is 1. The van der Waals surface area contributed by atoms with Gasteiger partial charge in [0.25, 0.3) is 5.91 Å². The highest BCUT2D eigenvalue weighted by molar-refractivity contribution is 7.11. The summed E-state index contributed by atoms with van der Waals surface area (Å²) in [7, 11) is 0. The number of aryl methyl sites for hydroxylation is 1. The van der Waals surface area contributed by atoms with Crippen LogP contribution in [-0.2, 0) is 6.42 Å². The number of amides is 1. The Morgan fingerprint density at radius 2 is 1.77 bits per heavy atom. The number of aromatic hydroxyl groups is 1. The molecule has 0 saturated carbocycles. The average Bonchev–Trinajstić information content (AvgIpc) is 3.23. The number of aromatic nitrogens is 1. The first-order valence-corrected chi connectivity index (χ1v) is 11.3. The minimum Gasteiger partial charge on any atom is -0.507 e. The second-order valence-electron chi connectivity index (χ2n) is 8.07. The SMILES string of the molecule is CC(C)c1cnc(CCC(C)C(CNC(=O)c2ccccc2O)c2ccccc2)s1. The highest BCUT2D eigenvalue weighted by atomic mass is 32.1. The summed E-state index contributed by atoms with van der Waals surface area (Å²) in [5.74, 6) is 0.816. The molecule has 3 rings (SSSR count). The molecular formula is C25H30N2O2S. The Bertz CT molecular complexity index is 953. The number of nitrogens with zero attached hydrogens (tertiary/aromatic N) is 1. The lowest BCUT2D eigenvalue weighted by atomic mass is 9.84. The lowest BCUT2D eigenvalue weighted by molar-refractivity contribution is 0.0945. The summed E-state index contributed by atoms with van der Waals surface area (Å²) in [4.78, 5) is 18.5. The Kier molecular flexibility index (Phi) is 7.63. The molecule has 0 aliphatic rings. The van der Waals surface area contributed by atoms with Gasteiger partial charge in [-0.2, -0.15) is 0 Å². The summed E-state index contributed by atoms with van der Waals surface area (Å²) in [5, 5.41) is 14.2. The van der Waals surface area contributed by atoms with Crippen LogP contribution < -0.4 is 5.32 Å². The van der Waals surface area contributed by atoms with E-state index < -0.39 is 0 Å². The van der Waals surface area contributed by atoms with Gasteiger partial charge in [0.1, 0.15) is 5.75 Å². The fourth-order valence-electron chi connectivity index (χ4n) is 3.57. The van der Waals surface area contributed by atoms with Gasteiger partial charge in [-0.15, -0.1) is 11.3 Å². The molecule has 158 valence electrons.